The Kier molecular flexibility index (Phi) is 8.46. The van der Waals surface area contributed by atoms with E-state index in [1.54, 1.807) is 11.5 Å². The van der Waals surface area contributed by atoms with Crippen LogP contribution in [0.2, 0.25) is 0 Å². The van der Waals surface area contributed by atoms with Gasteiger partial charge in [-0.3, -0.25) is 13.9 Å². The molecule has 0 aliphatic rings. The van der Waals surface area contributed by atoms with Gasteiger partial charge in [0.15, 0.2) is 29.4 Å². The van der Waals surface area contributed by atoms with Crippen LogP contribution in [-0.4, -0.2) is 23.1 Å². The monoisotopic (exact) mass is 432 g/mol. The maximum Gasteiger partial charge on any atom is 0.332 e. The van der Waals surface area contributed by atoms with Crippen molar-refractivity contribution in [2.75, 3.05) is 0 Å². The van der Waals surface area contributed by atoms with Gasteiger partial charge in [0.2, 0.25) is 0 Å². The van der Waals surface area contributed by atoms with Crippen molar-refractivity contribution in [1.82, 2.24) is 18.8 Å². The first-order valence-corrected chi connectivity index (χ1v) is 10.5. The zero-order valence-corrected chi connectivity index (χ0v) is 18.7. The quantitative estimate of drug-likeness (QED) is 0.544. The van der Waals surface area contributed by atoms with Crippen molar-refractivity contribution in [2.24, 2.45) is 0 Å². The van der Waals surface area contributed by atoms with Crippen LogP contribution in [0.5, 0.6) is 5.75 Å². The van der Waals surface area contributed by atoms with Gasteiger partial charge >= 0.3 is 5.69 Å². The summed E-state index contributed by atoms with van der Waals surface area (Å²) in [5.74, 6) is 1.14. The van der Waals surface area contributed by atoms with E-state index < -0.39 is 0 Å². The molecule has 0 saturated heterocycles. The van der Waals surface area contributed by atoms with Crippen LogP contribution in [0.4, 0.5) is 0 Å². The summed E-state index contributed by atoms with van der Waals surface area (Å²) in [6.07, 6.45) is 3.45. The van der Waals surface area contributed by atoms with Gasteiger partial charge < -0.3 is 4.84 Å². The first kappa shape index (κ1) is 23.5. The highest BCUT2D eigenvalue weighted by Gasteiger charge is 2.21. The Hall–Kier alpha value is -2.81. The van der Waals surface area contributed by atoms with Gasteiger partial charge in [-0.05, 0) is 38.8 Å². The molecule has 2 aromatic heterocycles. The van der Waals surface area contributed by atoms with Crippen LogP contribution in [0.15, 0.2) is 33.9 Å². The molecular formula is C21H28N4O4S. The molecule has 0 atom stereocenters. The number of imidazole rings is 1. The second-order valence-electron chi connectivity index (χ2n) is 7.13. The summed E-state index contributed by atoms with van der Waals surface area (Å²) >= 11 is 2.83. The van der Waals surface area contributed by atoms with Gasteiger partial charge in [-0.1, -0.05) is 44.4 Å². The van der Waals surface area contributed by atoms with Crippen LogP contribution in [-0.2, 0) is 25.6 Å². The van der Waals surface area contributed by atoms with Crippen molar-refractivity contribution in [3.8, 4) is 5.75 Å². The molecule has 0 amide bonds. The molecule has 0 aliphatic carbocycles. The summed E-state index contributed by atoms with van der Waals surface area (Å²) in [4.78, 5) is 36.6. The lowest BCUT2D eigenvalue weighted by molar-refractivity contribution is 0.219. The smallest absolute Gasteiger partial charge is 0.332 e. The van der Waals surface area contributed by atoms with E-state index in [9.17, 15) is 9.59 Å². The summed E-state index contributed by atoms with van der Waals surface area (Å²) in [6, 6.07) is 7.59. The Balaban J connectivity index is 0.00000155. The SMILES string of the molecule is CCCCn1c(=O)c2c(nc(C)n2Oc2ccc(C)cc2)n(CCCC)c1=O.O=S. The van der Waals surface area contributed by atoms with Gasteiger partial charge in [0, 0.05) is 13.1 Å². The largest absolute Gasteiger partial charge is 0.373 e. The minimum atomic E-state index is -0.353. The van der Waals surface area contributed by atoms with E-state index in [0.29, 0.717) is 35.8 Å². The molecule has 0 spiro atoms. The maximum atomic E-state index is 13.2. The van der Waals surface area contributed by atoms with Crippen molar-refractivity contribution in [1.29, 1.82) is 0 Å². The number of aryl methyl sites for hydroxylation is 3. The molecule has 0 N–H and O–H groups in total. The van der Waals surface area contributed by atoms with E-state index in [1.807, 2.05) is 38.1 Å². The minimum Gasteiger partial charge on any atom is -0.373 e. The van der Waals surface area contributed by atoms with Gasteiger partial charge in [-0.25, -0.2) is 9.78 Å². The molecule has 0 fully saturated rings. The van der Waals surface area contributed by atoms with Crippen LogP contribution >= 0.6 is 0 Å². The average Bonchev–Trinajstić information content (AvgIpc) is 3.07. The molecule has 3 rings (SSSR count). The van der Waals surface area contributed by atoms with Crippen LogP contribution in [0, 0.1) is 13.8 Å². The second-order valence-corrected chi connectivity index (χ2v) is 7.13. The minimum absolute atomic E-state index is 0.292. The fourth-order valence-electron chi connectivity index (χ4n) is 3.17. The summed E-state index contributed by atoms with van der Waals surface area (Å²) in [6.45, 7) is 8.80. The molecule has 9 heteroatoms. The van der Waals surface area contributed by atoms with Crippen molar-refractivity contribution >= 4 is 23.7 Å². The highest BCUT2D eigenvalue weighted by molar-refractivity contribution is 7.44. The molecule has 30 heavy (non-hydrogen) atoms. The fraction of sp³-hybridized carbons (Fsp3) is 0.476. The Morgan fingerprint density at radius 1 is 0.933 bits per heavy atom. The Morgan fingerprint density at radius 2 is 1.50 bits per heavy atom. The van der Waals surface area contributed by atoms with E-state index >= 15 is 0 Å². The number of hydrogen-bond donors (Lipinski definition) is 0. The van der Waals surface area contributed by atoms with E-state index in [4.69, 9.17) is 9.05 Å². The third kappa shape index (κ3) is 4.84. The van der Waals surface area contributed by atoms with Crippen molar-refractivity contribution < 1.29 is 9.05 Å². The summed E-state index contributed by atoms with van der Waals surface area (Å²) < 4.78 is 12.2. The molecule has 0 saturated carbocycles. The summed E-state index contributed by atoms with van der Waals surface area (Å²) in [5.41, 5.74) is 1.17. The van der Waals surface area contributed by atoms with E-state index in [2.05, 4.69) is 24.4 Å². The highest BCUT2D eigenvalue weighted by Crippen LogP contribution is 2.17. The lowest BCUT2D eigenvalue weighted by atomic mass is 10.2. The van der Waals surface area contributed by atoms with Gasteiger partial charge in [0.05, 0.1) is 0 Å². The lowest BCUT2D eigenvalue weighted by Gasteiger charge is -2.12. The van der Waals surface area contributed by atoms with Crippen LogP contribution in [0.1, 0.15) is 50.9 Å². The lowest BCUT2D eigenvalue weighted by Crippen LogP contribution is -2.41. The molecule has 1 aromatic carbocycles. The van der Waals surface area contributed by atoms with Gasteiger partial charge in [-0.2, -0.15) is 8.94 Å². The molecule has 162 valence electrons. The van der Waals surface area contributed by atoms with Crippen LogP contribution < -0.4 is 16.1 Å². The van der Waals surface area contributed by atoms with E-state index in [0.717, 1.165) is 31.2 Å². The van der Waals surface area contributed by atoms with Gasteiger partial charge in [0.25, 0.3) is 5.56 Å². The number of fused-ring (bicyclic) bond motifs is 1. The molecule has 2 heterocycles. The Bertz CT molecular complexity index is 1100. The number of rotatable bonds is 8. The average molecular weight is 433 g/mol. The number of unbranched alkanes of at least 4 members (excludes halogenated alkanes) is 2. The zero-order chi connectivity index (χ0) is 22.3. The van der Waals surface area contributed by atoms with E-state index in [1.165, 1.54) is 9.30 Å². The summed E-state index contributed by atoms with van der Waals surface area (Å²) in [5, 5.41) is 0. The fourth-order valence-corrected chi connectivity index (χ4v) is 3.17. The number of benzene rings is 1. The predicted molar refractivity (Wildman–Crippen MR) is 118 cm³/mol. The predicted octanol–water partition coefficient (Wildman–Crippen LogP) is 3.08. The number of aromatic nitrogens is 4. The standard InChI is InChI=1S/C21H28N4O3.OS/c1-5-7-13-23-19-18(20(26)24(21(23)27)14-8-6-2)25(16(4)22-19)28-17-11-9-15(3)10-12-17;1-2/h9-12H,5-8,13-14H2,1-4H3;. The molecule has 0 bridgehead atoms. The Morgan fingerprint density at radius 3 is 2.07 bits per heavy atom. The number of hydrogen-bond acceptors (Lipinski definition) is 6. The Labute approximate surface area is 180 Å². The van der Waals surface area contributed by atoms with Gasteiger partial charge in [-0.15, -0.1) is 0 Å². The molecule has 0 radical (unpaired) electrons. The molecular weight excluding hydrogens is 404 g/mol. The maximum absolute atomic E-state index is 13.2. The second kappa shape index (κ2) is 10.8. The topological polar surface area (TPSA) is 88.1 Å². The molecule has 8 nitrogen and oxygen atoms in total. The van der Waals surface area contributed by atoms with Crippen molar-refractivity contribution in [3.05, 3.63) is 56.5 Å². The van der Waals surface area contributed by atoms with Crippen molar-refractivity contribution in [3.63, 3.8) is 0 Å². The first-order chi connectivity index (χ1) is 14.5. The third-order valence-electron chi connectivity index (χ3n) is 4.83. The molecule has 3 aromatic rings. The van der Waals surface area contributed by atoms with Gasteiger partial charge in [0.1, 0.15) is 5.82 Å². The molecule has 0 unspecified atom stereocenters. The number of nitrogens with zero attached hydrogens (tertiary/aromatic N) is 4. The third-order valence-corrected chi connectivity index (χ3v) is 4.83. The van der Waals surface area contributed by atoms with Crippen molar-refractivity contribution in [2.45, 2.75) is 66.5 Å². The zero-order valence-electron chi connectivity index (χ0n) is 17.9. The van der Waals surface area contributed by atoms with Crippen LogP contribution in [0.3, 0.4) is 0 Å². The highest BCUT2D eigenvalue weighted by atomic mass is 32.1. The molecule has 0 aliphatic heterocycles. The normalized spacial score (nSPS) is 10.7. The first-order valence-electron chi connectivity index (χ1n) is 10.1. The van der Waals surface area contributed by atoms with E-state index in [-0.39, 0.29) is 11.2 Å². The summed E-state index contributed by atoms with van der Waals surface area (Å²) in [7, 11) is 0. The van der Waals surface area contributed by atoms with Crippen LogP contribution in [0.25, 0.3) is 11.2 Å².